The molecule has 1 saturated heterocycles. The molecular weight excluding hydrogens is 399 g/mol. The highest BCUT2D eigenvalue weighted by Gasteiger charge is 2.26. The fourth-order valence-corrected chi connectivity index (χ4v) is 3.74. The van der Waals surface area contributed by atoms with Gasteiger partial charge in [-0.15, -0.1) is 0 Å². The van der Waals surface area contributed by atoms with Crippen molar-refractivity contribution >= 4 is 15.9 Å². The SMILES string of the molecule is CS(=O)(=O)c1ccc(C#Cc2cnn(C3CCN(C(=O)O)CC3)c2C#N)c(F)c1. The number of hydrogen-bond donors (Lipinski definition) is 1. The predicted molar refractivity (Wildman–Crippen MR) is 100 cm³/mol. The van der Waals surface area contributed by atoms with Crippen molar-refractivity contribution in [1.82, 2.24) is 14.7 Å². The highest BCUT2D eigenvalue weighted by atomic mass is 32.2. The number of piperidine rings is 1. The molecule has 0 radical (unpaired) electrons. The van der Waals surface area contributed by atoms with E-state index in [9.17, 15) is 22.9 Å². The smallest absolute Gasteiger partial charge is 0.407 e. The first-order valence-electron chi connectivity index (χ1n) is 8.68. The summed E-state index contributed by atoms with van der Waals surface area (Å²) in [6.07, 6.45) is 2.48. The molecule has 1 aromatic carbocycles. The van der Waals surface area contributed by atoms with Gasteiger partial charge in [0.15, 0.2) is 15.5 Å². The Balaban J connectivity index is 1.84. The zero-order valence-electron chi connectivity index (χ0n) is 15.5. The Morgan fingerprint density at radius 1 is 1.28 bits per heavy atom. The molecule has 29 heavy (non-hydrogen) atoms. The van der Waals surface area contributed by atoms with E-state index in [0.717, 1.165) is 12.3 Å². The number of hydrogen-bond acceptors (Lipinski definition) is 5. The van der Waals surface area contributed by atoms with Crippen LogP contribution in [0.2, 0.25) is 0 Å². The fourth-order valence-electron chi connectivity index (χ4n) is 3.11. The highest BCUT2D eigenvalue weighted by Crippen LogP contribution is 2.24. The Morgan fingerprint density at radius 2 is 1.93 bits per heavy atom. The van der Waals surface area contributed by atoms with Crippen molar-refractivity contribution in [2.75, 3.05) is 19.3 Å². The van der Waals surface area contributed by atoms with E-state index in [-0.39, 0.29) is 22.2 Å². The van der Waals surface area contributed by atoms with Crippen LogP contribution < -0.4 is 0 Å². The summed E-state index contributed by atoms with van der Waals surface area (Å²) in [5.41, 5.74) is 0.544. The van der Waals surface area contributed by atoms with Gasteiger partial charge in [-0.2, -0.15) is 10.4 Å². The lowest BCUT2D eigenvalue weighted by Crippen LogP contribution is -2.38. The van der Waals surface area contributed by atoms with Crippen molar-refractivity contribution in [3.05, 3.63) is 47.0 Å². The molecule has 8 nitrogen and oxygen atoms in total. The number of rotatable bonds is 2. The van der Waals surface area contributed by atoms with Gasteiger partial charge in [0, 0.05) is 19.3 Å². The van der Waals surface area contributed by atoms with E-state index in [1.807, 2.05) is 0 Å². The van der Waals surface area contributed by atoms with Gasteiger partial charge in [0.05, 0.1) is 28.3 Å². The van der Waals surface area contributed by atoms with E-state index in [4.69, 9.17) is 5.11 Å². The summed E-state index contributed by atoms with van der Waals surface area (Å²) >= 11 is 0. The lowest BCUT2D eigenvalue weighted by atomic mass is 10.1. The van der Waals surface area contributed by atoms with Gasteiger partial charge < -0.3 is 10.0 Å². The molecule has 150 valence electrons. The molecule has 0 unspecified atom stereocenters. The Morgan fingerprint density at radius 3 is 2.48 bits per heavy atom. The van der Waals surface area contributed by atoms with Gasteiger partial charge in [-0.3, -0.25) is 4.68 Å². The molecule has 10 heteroatoms. The van der Waals surface area contributed by atoms with Crippen molar-refractivity contribution in [1.29, 1.82) is 5.26 Å². The molecule has 2 heterocycles. The summed E-state index contributed by atoms with van der Waals surface area (Å²) in [7, 11) is -3.52. The van der Waals surface area contributed by atoms with Gasteiger partial charge in [-0.25, -0.2) is 17.6 Å². The molecule has 1 aliphatic rings. The van der Waals surface area contributed by atoms with Crippen LogP contribution in [0.1, 0.15) is 35.7 Å². The molecule has 1 amide bonds. The minimum absolute atomic E-state index is 0.00352. The number of amides is 1. The van der Waals surface area contributed by atoms with Crippen molar-refractivity contribution in [3.8, 4) is 17.9 Å². The van der Waals surface area contributed by atoms with E-state index in [1.54, 1.807) is 0 Å². The molecule has 1 aliphatic heterocycles. The Kier molecular flexibility index (Phi) is 5.57. The monoisotopic (exact) mass is 416 g/mol. The zero-order valence-corrected chi connectivity index (χ0v) is 16.3. The third-order valence-electron chi connectivity index (χ3n) is 4.68. The van der Waals surface area contributed by atoms with E-state index in [0.29, 0.717) is 31.5 Å². The van der Waals surface area contributed by atoms with Gasteiger partial charge >= 0.3 is 6.09 Å². The largest absolute Gasteiger partial charge is 0.465 e. The number of sulfone groups is 1. The minimum Gasteiger partial charge on any atom is -0.465 e. The number of halogens is 1. The number of carboxylic acid groups (broad SMARTS) is 1. The molecular formula is C19H17FN4O4S. The quantitative estimate of drug-likeness (QED) is 0.749. The molecule has 2 aromatic rings. The topological polar surface area (TPSA) is 116 Å². The third-order valence-corrected chi connectivity index (χ3v) is 5.79. The van der Waals surface area contributed by atoms with Crippen molar-refractivity contribution in [2.24, 2.45) is 0 Å². The Bertz CT molecular complexity index is 1160. The van der Waals surface area contributed by atoms with Crippen LogP contribution in [-0.2, 0) is 9.84 Å². The third kappa shape index (κ3) is 4.39. The highest BCUT2D eigenvalue weighted by molar-refractivity contribution is 7.90. The molecule has 0 aliphatic carbocycles. The first kappa shape index (κ1) is 20.4. The summed E-state index contributed by atoms with van der Waals surface area (Å²) in [6, 6.07) is 5.38. The van der Waals surface area contributed by atoms with Crippen LogP contribution in [0.15, 0.2) is 29.3 Å². The molecule has 0 saturated carbocycles. The van der Waals surface area contributed by atoms with Crippen LogP contribution in [0.5, 0.6) is 0 Å². The molecule has 3 rings (SSSR count). The average Bonchev–Trinajstić information content (AvgIpc) is 3.09. The van der Waals surface area contributed by atoms with Crippen LogP contribution in [0, 0.1) is 29.0 Å². The Labute approximate surface area is 167 Å². The summed E-state index contributed by atoms with van der Waals surface area (Å²) in [4.78, 5) is 12.2. The first-order valence-corrected chi connectivity index (χ1v) is 10.6. The maximum atomic E-state index is 14.2. The number of nitrogens with zero attached hydrogens (tertiary/aromatic N) is 4. The van der Waals surface area contributed by atoms with E-state index < -0.39 is 21.7 Å². The van der Waals surface area contributed by atoms with Gasteiger partial charge in [-0.1, -0.05) is 11.8 Å². The van der Waals surface area contributed by atoms with Crippen molar-refractivity contribution in [3.63, 3.8) is 0 Å². The normalized spacial score (nSPS) is 14.7. The second-order valence-electron chi connectivity index (χ2n) is 6.63. The molecule has 1 N–H and O–H groups in total. The second-order valence-corrected chi connectivity index (χ2v) is 8.64. The van der Waals surface area contributed by atoms with Crippen LogP contribution in [0.3, 0.4) is 0 Å². The summed E-state index contributed by atoms with van der Waals surface area (Å²) in [6.45, 7) is 0.702. The Hall–Kier alpha value is -3.37. The van der Waals surface area contributed by atoms with Gasteiger partial charge in [0.1, 0.15) is 11.9 Å². The van der Waals surface area contributed by atoms with Gasteiger partial charge in [-0.05, 0) is 31.0 Å². The molecule has 0 bridgehead atoms. The van der Waals surface area contributed by atoms with Crippen molar-refractivity contribution in [2.45, 2.75) is 23.8 Å². The number of aromatic nitrogens is 2. The average molecular weight is 416 g/mol. The predicted octanol–water partition coefficient (Wildman–Crippen LogP) is 2.01. The van der Waals surface area contributed by atoms with Crippen molar-refractivity contribution < 1.29 is 22.7 Å². The second kappa shape index (κ2) is 7.94. The van der Waals surface area contributed by atoms with Crippen LogP contribution in [0.25, 0.3) is 0 Å². The molecule has 0 spiro atoms. The standard InChI is InChI=1S/C19H17FN4O4S/c1-29(27,28)16-5-4-13(17(20)10-16)2-3-14-12-22-24(18(14)11-21)15-6-8-23(9-7-15)19(25)26/h4-5,10,12,15H,6-9H2,1H3,(H,25,26). The molecule has 1 aromatic heterocycles. The van der Waals surface area contributed by atoms with E-state index >= 15 is 0 Å². The summed E-state index contributed by atoms with van der Waals surface area (Å²) in [5, 5.41) is 22.8. The first-order chi connectivity index (χ1) is 13.7. The minimum atomic E-state index is -3.52. The maximum absolute atomic E-state index is 14.2. The van der Waals surface area contributed by atoms with Gasteiger partial charge in [0.2, 0.25) is 0 Å². The summed E-state index contributed by atoms with van der Waals surface area (Å²) in [5.74, 6) is 4.56. The summed E-state index contributed by atoms with van der Waals surface area (Å²) < 4.78 is 38.7. The molecule has 0 atom stereocenters. The lowest BCUT2D eigenvalue weighted by Gasteiger charge is -2.30. The van der Waals surface area contributed by atoms with Crippen LogP contribution >= 0.6 is 0 Å². The number of carbonyl (C=O) groups is 1. The maximum Gasteiger partial charge on any atom is 0.407 e. The number of nitriles is 1. The van der Waals surface area contributed by atoms with Crippen LogP contribution in [-0.4, -0.2) is 53.6 Å². The van der Waals surface area contributed by atoms with Gasteiger partial charge in [0.25, 0.3) is 0 Å². The fraction of sp³-hybridized carbons (Fsp3) is 0.316. The molecule has 1 fully saturated rings. The lowest BCUT2D eigenvalue weighted by molar-refractivity contribution is 0.123. The number of benzene rings is 1. The van der Waals surface area contributed by atoms with E-state index in [2.05, 4.69) is 23.0 Å². The number of likely N-dealkylation sites (tertiary alicyclic amines) is 1. The van der Waals surface area contributed by atoms with Crippen LogP contribution in [0.4, 0.5) is 9.18 Å². The zero-order chi connectivity index (χ0) is 21.2. The van der Waals surface area contributed by atoms with E-state index in [1.165, 1.54) is 27.9 Å².